The minimum absolute atomic E-state index is 0.00156. The van der Waals surface area contributed by atoms with Crippen LogP contribution in [-0.2, 0) is 11.3 Å². The van der Waals surface area contributed by atoms with Crippen molar-refractivity contribution in [2.24, 2.45) is 17.3 Å². The molecular formula is C18H25NO. The number of benzene rings is 1. The molecule has 1 amide bonds. The molecule has 0 bridgehead atoms. The second-order valence-corrected chi connectivity index (χ2v) is 6.65. The average molecular weight is 271 g/mol. The number of terminal acetylenes is 1. The molecule has 2 heteroatoms. The van der Waals surface area contributed by atoms with Gasteiger partial charge in [0.25, 0.3) is 0 Å². The second kappa shape index (κ2) is 6.61. The Balaban J connectivity index is 2.73. The van der Waals surface area contributed by atoms with Crippen LogP contribution >= 0.6 is 0 Å². The summed E-state index contributed by atoms with van der Waals surface area (Å²) in [5, 5.41) is 3.03. The van der Waals surface area contributed by atoms with Crippen LogP contribution in [0, 0.1) is 29.6 Å². The van der Waals surface area contributed by atoms with E-state index in [-0.39, 0.29) is 17.2 Å². The molecule has 1 atom stereocenters. The van der Waals surface area contributed by atoms with Crippen molar-refractivity contribution in [1.29, 1.82) is 0 Å². The van der Waals surface area contributed by atoms with Gasteiger partial charge in [-0.05, 0) is 29.0 Å². The lowest BCUT2D eigenvalue weighted by molar-refractivity contribution is -0.130. The summed E-state index contributed by atoms with van der Waals surface area (Å²) in [5.74, 6) is 3.03. The summed E-state index contributed by atoms with van der Waals surface area (Å²) in [6.07, 6.45) is 5.38. The number of hydrogen-bond donors (Lipinski definition) is 1. The number of carbonyl (C=O) groups excluding carboxylic acids is 1. The largest absolute Gasteiger partial charge is 0.352 e. The van der Waals surface area contributed by atoms with Gasteiger partial charge in [-0.1, -0.05) is 52.7 Å². The average Bonchev–Trinajstić information content (AvgIpc) is 2.34. The maximum absolute atomic E-state index is 12.4. The van der Waals surface area contributed by atoms with Gasteiger partial charge < -0.3 is 5.32 Å². The van der Waals surface area contributed by atoms with Crippen molar-refractivity contribution in [3.8, 4) is 12.3 Å². The lowest BCUT2D eigenvalue weighted by Crippen LogP contribution is -2.40. The zero-order chi connectivity index (χ0) is 15.3. The molecule has 1 aromatic rings. The van der Waals surface area contributed by atoms with Crippen molar-refractivity contribution in [3.63, 3.8) is 0 Å². The van der Waals surface area contributed by atoms with Crippen LogP contribution < -0.4 is 5.32 Å². The third kappa shape index (κ3) is 4.42. The van der Waals surface area contributed by atoms with Crippen LogP contribution in [0.15, 0.2) is 24.3 Å². The van der Waals surface area contributed by atoms with Crippen molar-refractivity contribution >= 4 is 5.91 Å². The normalized spacial score (nSPS) is 12.8. The Kier molecular flexibility index (Phi) is 5.39. The Morgan fingerprint density at radius 1 is 1.35 bits per heavy atom. The second-order valence-electron chi connectivity index (χ2n) is 6.65. The first-order chi connectivity index (χ1) is 9.25. The topological polar surface area (TPSA) is 29.1 Å². The summed E-state index contributed by atoms with van der Waals surface area (Å²) in [7, 11) is 0. The lowest BCUT2D eigenvalue weighted by Gasteiger charge is -2.32. The molecule has 108 valence electrons. The fourth-order valence-electron chi connectivity index (χ4n) is 2.77. The molecule has 0 radical (unpaired) electrons. The summed E-state index contributed by atoms with van der Waals surface area (Å²) >= 11 is 0. The fraction of sp³-hybridized carbons (Fsp3) is 0.500. The van der Waals surface area contributed by atoms with Gasteiger partial charge in [0.1, 0.15) is 0 Å². The van der Waals surface area contributed by atoms with E-state index in [1.54, 1.807) is 0 Å². The number of nitrogens with one attached hydrogen (secondary N) is 1. The summed E-state index contributed by atoms with van der Waals surface area (Å²) in [4.78, 5) is 12.4. The van der Waals surface area contributed by atoms with Gasteiger partial charge in [0.05, 0.1) is 0 Å². The van der Waals surface area contributed by atoms with Crippen molar-refractivity contribution in [3.05, 3.63) is 35.4 Å². The van der Waals surface area contributed by atoms with Crippen LogP contribution in [-0.4, -0.2) is 5.91 Å². The van der Waals surface area contributed by atoms with Gasteiger partial charge in [0.2, 0.25) is 5.91 Å². The van der Waals surface area contributed by atoms with E-state index in [2.05, 4.69) is 45.9 Å². The van der Waals surface area contributed by atoms with Gasteiger partial charge in [0, 0.05) is 18.0 Å². The third-order valence-electron chi connectivity index (χ3n) is 3.44. The Morgan fingerprint density at radius 2 is 2.00 bits per heavy atom. The van der Waals surface area contributed by atoms with Crippen LogP contribution in [0.5, 0.6) is 0 Å². The number of hydrogen-bond acceptors (Lipinski definition) is 1. The van der Waals surface area contributed by atoms with E-state index in [1.165, 1.54) is 0 Å². The van der Waals surface area contributed by atoms with Gasteiger partial charge in [-0.3, -0.25) is 4.79 Å². The molecule has 1 aromatic carbocycles. The zero-order valence-electron chi connectivity index (χ0n) is 13.2. The molecule has 0 aliphatic heterocycles. The Bertz CT molecular complexity index is 503. The third-order valence-corrected chi connectivity index (χ3v) is 3.44. The molecular weight excluding hydrogens is 246 g/mol. The van der Waals surface area contributed by atoms with Gasteiger partial charge >= 0.3 is 0 Å². The van der Waals surface area contributed by atoms with Crippen molar-refractivity contribution in [2.75, 3.05) is 0 Å². The van der Waals surface area contributed by atoms with Gasteiger partial charge in [0.15, 0.2) is 0 Å². The number of carbonyl (C=O) groups is 1. The summed E-state index contributed by atoms with van der Waals surface area (Å²) in [6, 6.07) is 7.71. The van der Waals surface area contributed by atoms with E-state index in [4.69, 9.17) is 6.42 Å². The molecule has 1 rings (SSSR count). The molecule has 1 unspecified atom stereocenters. The van der Waals surface area contributed by atoms with Gasteiger partial charge in [-0.2, -0.15) is 0 Å². The van der Waals surface area contributed by atoms with Crippen molar-refractivity contribution in [1.82, 2.24) is 5.32 Å². The Labute approximate surface area is 123 Å². The standard InChI is InChI=1S/C18H25NO/c1-7-14-9-8-10-15(11-14)12-19-17(20)16(13(2)3)18(4,5)6/h1,8-11,13,16H,12H2,2-6H3,(H,19,20). The van der Waals surface area contributed by atoms with Crippen molar-refractivity contribution < 1.29 is 4.79 Å². The van der Waals surface area contributed by atoms with Crippen LogP contribution in [0.4, 0.5) is 0 Å². The number of rotatable bonds is 4. The Hall–Kier alpha value is -1.75. The minimum Gasteiger partial charge on any atom is -0.352 e. The molecule has 2 nitrogen and oxygen atoms in total. The summed E-state index contributed by atoms with van der Waals surface area (Å²) in [5.41, 5.74) is 1.83. The maximum atomic E-state index is 12.4. The summed E-state index contributed by atoms with van der Waals surface area (Å²) in [6.45, 7) is 11.0. The summed E-state index contributed by atoms with van der Waals surface area (Å²) < 4.78 is 0. The maximum Gasteiger partial charge on any atom is 0.224 e. The highest BCUT2D eigenvalue weighted by atomic mass is 16.1. The van der Waals surface area contributed by atoms with Crippen LogP contribution in [0.2, 0.25) is 0 Å². The predicted molar refractivity (Wildman–Crippen MR) is 84.0 cm³/mol. The molecule has 0 fully saturated rings. The van der Waals surface area contributed by atoms with E-state index >= 15 is 0 Å². The van der Waals surface area contributed by atoms with Crippen LogP contribution in [0.1, 0.15) is 45.7 Å². The molecule has 20 heavy (non-hydrogen) atoms. The minimum atomic E-state index is -0.0427. The molecule has 0 heterocycles. The van der Waals surface area contributed by atoms with E-state index in [9.17, 15) is 4.79 Å². The van der Waals surface area contributed by atoms with Gasteiger partial charge in [-0.25, -0.2) is 0 Å². The molecule has 0 spiro atoms. The number of amides is 1. The van der Waals surface area contributed by atoms with Crippen LogP contribution in [0.3, 0.4) is 0 Å². The predicted octanol–water partition coefficient (Wildman–Crippen LogP) is 3.60. The monoisotopic (exact) mass is 271 g/mol. The molecule has 0 saturated heterocycles. The molecule has 0 aliphatic rings. The first kappa shape index (κ1) is 16.3. The first-order valence-corrected chi connectivity index (χ1v) is 7.09. The highest BCUT2D eigenvalue weighted by Gasteiger charge is 2.33. The Morgan fingerprint density at radius 3 is 2.50 bits per heavy atom. The van der Waals surface area contributed by atoms with Crippen LogP contribution in [0.25, 0.3) is 0 Å². The molecule has 1 N–H and O–H groups in total. The fourth-order valence-corrected chi connectivity index (χ4v) is 2.77. The highest BCUT2D eigenvalue weighted by molar-refractivity contribution is 5.79. The zero-order valence-corrected chi connectivity index (χ0v) is 13.2. The molecule has 0 saturated carbocycles. The first-order valence-electron chi connectivity index (χ1n) is 7.09. The smallest absolute Gasteiger partial charge is 0.224 e. The van der Waals surface area contributed by atoms with E-state index in [0.29, 0.717) is 12.5 Å². The lowest BCUT2D eigenvalue weighted by atomic mass is 9.74. The van der Waals surface area contributed by atoms with Crippen molar-refractivity contribution in [2.45, 2.75) is 41.2 Å². The SMILES string of the molecule is C#Cc1cccc(CNC(=O)C(C(C)C)C(C)(C)C)c1. The van der Waals surface area contributed by atoms with E-state index in [0.717, 1.165) is 11.1 Å². The quantitative estimate of drug-likeness (QED) is 0.833. The van der Waals surface area contributed by atoms with Gasteiger partial charge in [-0.15, -0.1) is 6.42 Å². The highest BCUT2D eigenvalue weighted by Crippen LogP contribution is 2.32. The molecule has 0 aromatic heterocycles. The van der Waals surface area contributed by atoms with E-state index < -0.39 is 0 Å². The molecule has 0 aliphatic carbocycles. The van der Waals surface area contributed by atoms with E-state index in [1.807, 2.05) is 24.3 Å².